The lowest BCUT2D eigenvalue weighted by molar-refractivity contribution is -0.140. The minimum absolute atomic E-state index is 0.272. The van der Waals surface area contributed by atoms with Gasteiger partial charge in [-0.3, -0.25) is 9.59 Å². The predicted molar refractivity (Wildman–Crippen MR) is 67.4 cm³/mol. The van der Waals surface area contributed by atoms with Crippen LogP contribution in [0.4, 0.5) is 0 Å². The monoisotopic (exact) mass is 313 g/mol. The highest BCUT2D eigenvalue weighted by molar-refractivity contribution is 9.10. The van der Waals surface area contributed by atoms with E-state index in [1.165, 1.54) is 0 Å². The zero-order valence-electron chi connectivity index (χ0n) is 9.53. The molecule has 6 heteroatoms. The van der Waals surface area contributed by atoms with Crippen molar-refractivity contribution in [2.45, 2.75) is 19.4 Å². The number of rotatable bonds is 4. The molecule has 0 saturated heterocycles. The summed E-state index contributed by atoms with van der Waals surface area (Å²) in [6.07, 6.45) is 0.335. The number of benzene rings is 1. The van der Waals surface area contributed by atoms with Gasteiger partial charge in [0.25, 0.3) is 0 Å². The Kier molecular flexibility index (Phi) is 3.86. The van der Waals surface area contributed by atoms with Gasteiger partial charge in [-0.15, -0.1) is 0 Å². The summed E-state index contributed by atoms with van der Waals surface area (Å²) in [5.74, 6) is -0.841. The number of carbonyl (C=O) groups excluding carboxylic acids is 1. The van der Waals surface area contributed by atoms with E-state index in [1.807, 2.05) is 12.1 Å². The van der Waals surface area contributed by atoms with Gasteiger partial charge in [0.1, 0.15) is 12.2 Å². The number of carboxylic acid groups (broad SMARTS) is 1. The Morgan fingerprint density at radius 3 is 2.94 bits per heavy atom. The third-order valence-corrected chi connectivity index (χ3v) is 3.07. The van der Waals surface area contributed by atoms with Crippen molar-refractivity contribution < 1.29 is 19.4 Å². The third kappa shape index (κ3) is 3.01. The fraction of sp³-hybridized carbons (Fsp3) is 0.333. The van der Waals surface area contributed by atoms with Crippen LogP contribution in [0, 0.1) is 0 Å². The van der Waals surface area contributed by atoms with Gasteiger partial charge < -0.3 is 15.2 Å². The van der Waals surface area contributed by atoms with Crippen molar-refractivity contribution in [3.8, 4) is 5.75 Å². The number of amides is 1. The van der Waals surface area contributed by atoms with Gasteiger partial charge >= 0.3 is 5.97 Å². The molecule has 0 fully saturated rings. The number of fused-ring (bicyclic) bond motifs is 1. The topological polar surface area (TPSA) is 75.6 Å². The van der Waals surface area contributed by atoms with Gasteiger partial charge in [-0.25, -0.2) is 0 Å². The lowest BCUT2D eigenvalue weighted by Crippen LogP contribution is -2.25. The van der Waals surface area contributed by atoms with E-state index in [1.54, 1.807) is 0 Å². The average Bonchev–Trinajstić information content (AvgIpc) is 2.72. The highest BCUT2D eigenvalue weighted by atomic mass is 79.9. The standard InChI is InChI=1S/C12H12BrNO4/c13-9-3-7-1-2-18-12(7)8(4-9)6-14-10(15)5-11(16)17/h3-4H,1-2,5-6H2,(H,14,15)(H,16,17). The molecule has 1 aromatic carbocycles. The maximum atomic E-state index is 11.3. The molecule has 1 aliphatic heterocycles. The Morgan fingerprint density at radius 1 is 1.44 bits per heavy atom. The molecule has 0 aromatic heterocycles. The van der Waals surface area contributed by atoms with Crippen LogP contribution in [0.25, 0.3) is 0 Å². The molecule has 0 bridgehead atoms. The van der Waals surface area contributed by atoms with Crippen molar-refractivity contribution in [3.63, 3.8) is 0 Å². The van der Waals surface area contributed by atoms with Crippen molar-refractivity contribution in [3.05, 3.63) is 27.7 Å². The molecular weight excluding hydrogens is 302 g/mol. The molecule has 1 amide bonds. The quantitative estimate of drug-likeness (QED) is 0.825. The molecule has 2 rings (SSSR count). The van der Waals surface area contributed by atoms with Gasteiger partial charge in [-0.2, -0.15) is 0 Å². The molecule has 0 aliphatic carbocycles. The molecular formula is C12H12BrNO4. The predicted octanol–water partition coefficient (Wildman–Crippen LogP) is 1.47. The summed E-state index contributed by atoms with van der Waals surface area (Å²) in [5.41, 5.74) is 1.96. The lowest BCUT2D eigenvalue weighted by atomic mass is 10.1. The summed E-state index contributed by atoms with van der Waals surface area (Å²) in [7, 11) is 0. The summed E-state index contributed by atoms with van der Waals surface area (Å²) in [4.78, 5) is 21.6. The van der Waals surface area contributed by atoms with E-state index in [2.05, 4.69) is 21.2 Å². The van der Waals surface area contributed by atoms with Crippen molar-refractivity contribution >= 4 is 27.8 Å². The van der Waals surface area contributed by atoms with Crippen molar-refractivity contribution in [1.82, 2.24) is 5.32 Å². The Bertz CT molecular complexity index is 501. The normalized spacial score (nSPS) is 12.7. The summed E-state index contributed by atoms with van der Waals surface area (Å²) >= 11 is 3.40. The van der Waals surface area contributed by atoms with Gasteiger partial charge in [0.15, 0.2) is 0 Å². The fourth-order valence-electron chi connectivity index (χ4n) is 1.87. The van der Waals surface area contributed by atoms with Crippen LogP contribution in [0.15, 0.2) is 16.6 Å². The number of carboxylic acids is 1. The molecule has 0 spiro atoms. The van der Waals surface area contributed by atoms with Gasteiger partial charge in [-0.1, -0.05) is 15.9 Å². The van der Waals surface area contributed by atoms with Gasteiger partial charge in [0, 0.05) is 23.0 Å². The van der Waals surface area contributed by atoms with Crippen LogP contribution in [-0.2, 0) is 22.6 Å². The van der Waals surface area contributed by atoms with E-state index in [-0.39, 0.29) is 6.54 Å². The molecule has 2 N–H and O–H groups in total. The van der Waals surface area contributed by atoms with E-state index in [0.717, 1.165) is 27.8 Å². The van der Waals surface area contributed by atoms with Crippen LogP contribution in [0.2, 0.25) is 0 Å². The number of hydrogen-bond donors (Lipinski definition) is 2. The number of ether oxygens (including phenoxy) is 1. The summed E-state index contributed by atoms with van der Waals surface area (Å²) in [5, 5.41) is 11.1. The van der Waals surface area contributed by atoms with E-state index < -0.39 is 18.3 Å². The Balaban J connectivity index is 2.06. The van der Waals surface area contributed by atoms with E-state index in [4.69, 9.17) is 9.84 Å². The van der Waals surface area contributed by atoms with Gasteiger partial charge in [-0.05, 0) is 17.7 Å². The zero-order valence-corrected chi connectivity index (χ0v) is 11.1. The molecule has 18 heavy (non-hydrogen) atoms. The van der Waals surface area contributed by atoms with Crippen LogP contribution in [-0.4, -0.2) is 23.6 Å². The van der Waals surface area contributed by atoms with Crippen molar-refractivity contribution in [1.29, 1.82) is 0 Å². The van der Waals surface area contributed by atoms with Crippen LogP contribution in [0.3, 0.4) is 0 Å². The Morgan fingerprint density at radius 2 is 2.22 bits per heavy atom. The Labute approximate surface area is 112 Å². The SMILES string of the molecule is O=C(O)CC(=O)NCc1cc(Br)cc2c1OCC2. The third-order valence-electron chi connectivity index (χ3n) is 2.61. The number of carbonyl (C=O) groups is 2. The van der Waals surface area contributed by atoms with E-state index in [9.17, 15) is 9.59 Å². The highest BCUT2D eigenvalue weighted by Crippen LogP contribution is 2.32. The van der Waals surface area contributed by atoms with Crippen LogP contribution in [0.1, 0.15) is 17.5 Å². The van der Waals surface area contributed by atoms with E-state index in [0.29, 0.717) is 6.61 Å². The maximum absolute atomic E-state index is 11.3. The van der Waals surface area contributed by atoms with Gasteiger partial charge in [0.05, 0.1) is 6.61 Å². The molecule has 96 valence electrons. The van der Waals surface area contributed by atoms with Crippen LogP contribution in [0.5, 0.6) is 5.75 Å². The summed E-state index contributed by atoms with van der Waals surface area (Å²) in [6, 6.07) is 3.86. The lowest BCUT2D eigenvalue weighted by Gasteiger charge is -2.09. The fourth-order valence-corrected chi connectivity index (χ4v) is 2.42. The second-order valence-electron chi connectivity index (χ2n) is 4.00. The minimum Gasteiger partial charge on any atom is -0.493 e. The molecule has 1 aromatic rings. The van der Waals surface area contributed by atoms with E-state index >= 15 is 0 Å². The molecule has 1 aliphatic rings. The second kappa shape index (κ2) is 5.39. The molecule has 0 atom stereocenters. The van der Waals surface area contributed by atoms with Crippen molar-refractivity contribution in [2.75, 3.05) is 6.61 Å². The average molecular weight is 314 g/mol. The first-order chi connectivity index (χ1) is 8.56. The first-order valence-electron chi connectivity index (χ1n) is 5.49. The smallest absolute Gasteiger partial charge is 0.312 e. The number of hydrogen-bond acceptors (Lipinski definition) is 3. The first kappa shape index (κ1) is 12.9. The number of aliphatic carboxylic acids is 1. The van der Waals surface area contributed by atoms with Gasteiger partial charge in [0.2, 0.25) is 5.91 Å². The Hall–Kier alpha value is -1.56. The summed E-state index contributed by atoms with van der Waals surface area (Å²) in [6.45, 7) is 0.912. The molecule has 0 radical (unpaired) electrons. The van der Waals surface area contributed by atoms with Crippen molar-refractivity contribution in [2.24, 2.45) is 0 Å². The molecule has 5 nitrogen and oxygen atoms in total. The largest absolute Gasteiger partial charge is 0.493 e. The number of nitrogens with one attached hydrogen (secondary N) is 1. The zero-order chi connectivity index (χ0) is 13.1. The molecule has 1 heterocycles. The van der Waals surface area contributed by atoms with Crippen LogP contribution >= 0.6 is 15.9 Å². The maximum Gasteiger partial charge on any atom is 0.312 e. The second-order valence-corrected chi connectivity index (χ2v) is 4.91. The van der Waals surface area contributed by atoms with Crippen LogP contribution < -0.4 is 10.1 Å². The summed E-state index contributed by atoms with van der Waals surface area (Å²) < 4.78 is 6.43. The molecule has 0 saturated carbocycles. The highest BCUT2D eigenvalue weighted by Gasteiger charge is 2.18. The minimum atomic E-state index is -1.14. The first-order valence-corrected chi connectivity index (χ1v) is 6.28. The molecule has 0 unspecified atom stereocenters. The number of halogens is 1.